The number of aliphatic imine (C=N–C) groups is 1. The van der Waals surface area contributed by atoms with E-state index >= 15 is 0 Å². The Kier molecular flexibility index (Phi) is 10.4. The molecule has 0 amide bonds. The Morgan fingerprint density at radius 2 is 1.34 bits per heavy atom. The van der Waals surface area contributed by atoms with Crippen molar-refractivity contribution in [3.05, 3.63) is 54.1 Å². The summed E-state index contributed by atoms with van der Waals surface area (Å²) in [6.07, 6.45) is 14.1. The first-order chi connectivity index (χ1) is 14.2. The predicted octanol–water partition coefficient (Wildman–Crippen LogP) is 7.49. The largest absolute Gasteiger partial charge is 0.497 e. The topological polar surface area (TPSA) is 21.6 Å². The zero-order valence-corrected chi connectivity index (χ0v) is 19.8. The summed E-state index contributed by atoms with van der Waals surface area (Å²) in [5.74, 6) is 0.869. The predicted molar refractivity (Wildman–Crippen MR) is 133 cm³/mol. The van der Waals surface area contributed by atoms with E-state index < -0.39 is 7.26 Å². The van der Waals surface area contributed by atoms with Gasteiger partial charge in [-0.2, -0.15) is 0 Å². The number of hydrogen-bond acceptors (Lipinski definition) is 2. The van der Waals surface area contributed by atoms with Crippen LogP contribution in [0.25, 0.3) is 0 Å². The van der Waals surface area contributed by atoms with Crippen molar-refractivity contribution in [2.45, 2.75) is 59.3 Å². The monoisotopic (exact) mass is 412 g/mol. The Hall–Kier alpha value is -1.66. The van der Waals surface area contributed by atoms with Gasteiger partial charge in [0.05, 0.1) is 31.3 Å². The van der Waals surface area contributed by atoms with Crippen molar-refractivity contribution in [1.29, 1.82) is 0 Å². The molecular weight excluding hydrogens is 373 g/mol. The fourth-order valence-electron chi connectivity index (χ4n) is 3.92. The maximum absolute atomic E-state index is 5.26. The van der Waals surface area contributed by atoms with E-state index in [1.165, 1.54) is 62.6 Å². The van der Waals surface area contributed by atoms with Crippen LogP contribution in [-0.4, -0.2) is 31.8 Å². The second-order valence-corrected chi connectivity index (χ2v) is 12.0. The number of methoxy groups -OCH3 is 1. The summed E-state index contributed by atoms with van der Waals surface area (Å²) in [5, 5.41) is 1.60. The van der Waals surface area contributed by atoms with E-state index in [0.717, 1.165) is 11.4 Å². The van der Waals surface area contributed by atoms with Crippen molar-refractivity contribution >= 4 is 24.5 Å². The Bertz CT molecular complexity index is 717. The molecule has 2 aromatic carbocycles. The van der Waals surface area contributed by atoms with Crippen molar-refractivity contribution in [1.82, 2.24) is 0 Å². The van der Waals surface area contributed by atoms with E-state index in [1.54, 1.807) is 12.4 Å². The highest BCUT2D eigenvalue weighted by molar-refractivity contribution is 7.83. The van der Waals surface area contributed by atoms with Crippen molar-refractivity contribution < 1.29 is 4.74 Å². The summed E-state index contributed by atoms with van der Waals surface area (Å²) >= 11 is 0. The van der Waals surface area contributed by atoms with E-state index in [1.807, 2.05) is 24.3 Å². The first kappa shape index (κ1) is 23.6. The highest BCUT2D eigenvalue weighted by atomic mass is 31.2. The molecule has 2 nitrogen and oxygen atoms in total. The van der Waals surface area contributed by atoms with Crippen LogP contribution in [0.2, 0.25) is 0 Å². The molecule has 0 fully saturated rings. The molecule has 2 rings (SSSR count). The van der Waals surface area contributed by atoms with Crippen LogP contribution >= 0.6 is 7.26 Å². The Morgan fingerprint density at radius 3 is 1.86 bits per heavy atom. The lowest BCUT2D eigenvalue weighted by Crippen LogP contribution is -2.24. The van der Waals surface area contributed by atoms with E-state index in [0.29, 0.717) is 0 Å². The van der Waals surface area contributed by atoms with Gasteiger partial charge in [-0.15, -0.1) is 0 Å². The minimum absolute atomic E-state index is 0.869. The first-order valence-corrected chi connectivity index (χ1v) is 13.7. The molecule has 0 unspecified atom stereocenters. The molecule has 158 valence electrons. The van der Waals surface area contributed by atoms with Gasteiger partial charge in [0.1, 0.15) is 11.1 Å². The molecule has 29 heavy (non-hydrogen) atoms. The molecule has 0 aromatic heterocycles. The quantitative estimate of drug-likeness (QED) is 0.247. The maximum Gasteiger partial charge on any atom is 0.119 e. The third kappa shape index (κ3) is 6.96. The van der Waals surface area contributed by atoms with Crippen LogP contribution in [0.1, 0.15) is 64.9 Å². The Balaban J connectivity index is 2.40. The molecule has 0 aliphatic carbocycles. The number of hydrogen-bond donors (Lipinski definition) is 0. The number of benzene rings is 2. The molecule has 0 radical (unpaired) electrons. The maximum atomic E-state index is 5.26. The number of rotatable bonds is 13. The lowest BCUT2D eigenvalue weighted by molar-refractivity contribution is 0.415. The van der Waals surface area contributed by atoms with Crippen molar-refractivity contribution in [2.75, 3.05) is 25.6 Å². The number of unbranched alkanes of at least 4 members (excludes halogenated alkanes) is 3. The minimum atomic E-state index is -1.18. The van der Waals surface area contributed by atoms with Gasteiger partial charge in [-0.3, -0.25) is 4.99 Å². The summed E-state index contributed by atoms with van der Waals surface area (Å²) in [7, 11) is 0.514. The van der Waals surface area contributed by atoms with Crippen molar-refractivity contribution in [2.24, 2.45) is 4.99 Å². The van der Waals surface area contributed by atoms with Gasteiger partial charge in [-0.25, -0.2) is 0 Å². The molecule has 2 aromatic rings. The molecule has 0 bridgehead atoms. The third-order valence-corrected chi connectivity index (χ3v) is 10.6. The van der Waals surface area contributed by atoms with Gasteiger partial charge in [0.2, 0.25) is 0 Å². The fourth-order valence-corrected chi connectivity index (χ4v) is 9.16. The normalized spacial score (nSPS) is 11.9. The van der Waals surface area contributed by atoms with Gasteiger partial charge in [-0.05, 0) is 55.7 Å². The summed E-state index contributed by atoms with van der Waals surface area (Å²) in [4.78, 5) is 4.80. The highest BCUT2D eigenvalue weighted by Gasteiger charge is 2.39. The smallest absolute Gasteiger partial charge is 0.119 e. The number of nitrogens with zero attached hydrogens (tertiary/aromatic N) is 1. The summed E-state index contributed by atoms with van der Waals surface area (Å²) in [6, 6.07) is 17.0. The second kappa shape index (κ2) is 12.8. The molecular formula is C26H39NOP+. The standard InChI is InChI=1S/C26H39NOP/c1-5-8-19-29(20-9-6-2,21-10-7-3)26-14-12-11-13-23(26)22-27-24-15-17-25(28-4)18-16-24/h11-18,22H,5-10,19-21H2,1-4H3/q+1. The molecule has 0 spiro atoms. The van der Waals surface area contributed by atoms with Gasteiger partial charge in [-0.1, -0.05) is 52.2 Å². The second-order valence-electron chi connectivity index (χ2n) is 7.89. The van der Waals surface area contributed by atoms with Gasteiger partial charge < -0.3 is 4.74 Å². The minimum Gasteiger partial charge on any atom is -0.497 e. The average Bonchev–Trinajstić information content (AvgIpc) is 2.78. The van der Waals surface area contributed by atoms with E-state index in [4.69, 9.17) is 9.73 Å². The first-order valence-electron chi connectivity index (χ1n) is 11.3. The summed E-state index contributed by atoms with van der Waals surface area (Å²) < 4.78 is 5.26. The summed E-state index contributed by atoms with van der Waals surface area (Å²) in [5.41, 5.74) is 2.29. The average molecular weight is 413 g/mol. The lowest BCUT2D eigenvalue weighted by atomic mass is 10.2. The molecule has 0 N–H and O–H groups in total. The molecule has 0 saturated heterocycles. The van der Waals surface area contributed by atoms with Gasteiger partial charge in [0.15, 0.2) is 0 Å². The van der Waals surface area contributed by atoms with E-state index in [2.05, 4.69) is 51.3 Å². The Labute approximate surface area is 179 Å². The van der Waals surface area contributed by atoms with Crippen LogP contribution in [0, 0.1) is 0 Å². The number of ether oxygens (including phenoxy) is 1. The van der Waals surface area contributed by atoms with Crippen LogP contribution < -0.4 is 10.0 Å². The van der Waals surface area contributed by atoms with Crippen LogP contribution in [0.5, 0.6) is 5.75 Å². The van der Waals surface area contributed by atoms with Crippen LogP contribution in [0.3, 0.4) is 0 Å². The van der Waals surface area contributed by atoms with Gasteiger partial charge in [0, 0.05) is 19.0 Å². The molecule has 0 saturated carbocycles. The van der Waals surface area contributed by atoms with Crippen LogP contribution in [0.15, 0.2) is 53.5 Å². The fraction of sp³-hybridized carbons (Fsp3) is 0.500. The van der Waals surface area contributed by atoms with E-state index in [-0.39, 0.29) is 0 Å². The van der Waals surface area contributed by atoms with Gasteiger partial charge in [0.25, 0.3) is 0 Å². The van der Waals surface area contributed by atoms with Crippen molar-refractivity contribution in [3.63, 3.8) is 0 Å². The molecule has 0 aliphatic rings. The lowest BCUT2D eigenvalue weighted by Gasteiger charge is -2.29. The van der Waals surface area contributed by atoms with Crippen LogP contribution in [-0.2, 0) is 0 Å². The summed E-state index contributed by atoms with van der Waals surface area (Å²) in [6.45, 7) is 6.97. The van der Waals surface area contributed by atoms with Gasteiger partial charge >= 0.3 is 0 Å². The molecule has 0 atom stereocenters. The van der Waals surface area contributed by atoms with E-state index in [9.17, 15) is 0 Å². The zero-order chi connectivity index (χ0) is 21.0. The van der Waals surface area contributed by atoms with Crippen LogP contribution in [0.4, 0.5) is 5.69 Å². The molecule has 3 heteroatoms. The highest BCUT2D eigenvalue weighted by Crippen LogP contribution is 2.60. The Morgan fingerprint density at radius 1 is 0.793 bits per heavy atom. The zero-order valence-electron chi connectivity index (χ0n) is 18.9. The SMILES string of the molecule is CCCC[P+](CCCC)(CCCC)c1ccccc1C=Nc1ccc(OC)cc1. The van der Waals surface area contributed by atoms with Crippen molar-refractivity contribution in [3.8, 4) is 5.75 Å². The molecule has 0 aliphatic heterocycles. The third-order valence-electron chi connectivity index (χ3n) is 5.69. The molecule has 0 heterocycles.